The number of hydrogen-bond acceptors (Lipinski definition) is 4. The van der Waals surface area contributed by atoms with Crippen molar-refractivity contribution in [2.45, 2.75) is 53.2 Å². The summed E-state index contributed by atoms with van der Waals surface area (Å²) in [5, 5.41) is 1.09. The minimum Gasteiger partial charge on any atom is -0.371 e. The number of aromatic nitrogens is 1. The molecule has 1 aromatic heterocycles. The zero-order valence-corrected chi connectivity index (χ0v) is 12.1. The third-order valence-corrected chi connectivity index (χ3v) is 3.84. The maximum Gasteiger partial charge on any atom is 0.122 e. The SMILES string of the molecule is CCCc1nc(C(OCC)C(C)C)sc1CN. The topological polar surface area (TPSA) is 48.1 Å². The molecule has 1 atom stereocenters. The molecule has 1 unspecified atom stereocenters. The molecule has 0 aromatic carbocycles. The van der Waals surface area contributed by atoms with Gasteiger partial charge in [-0.15, -0.1) is 11.3 Å². The summed E-state index contributed by atoms with van der Waals surface area (Å²) in [6, 6.07) is 0. The van der Waals surface area contributed by atoms with Gasteiger partial charge in [0.05, 0.1) is 5.69 Å². The highest BCUT2D eigenvalue weighted by atomic mass is 32.1. The van der Waals surface area contributed by atoms with Gasteiger partial charge in [-0.05, 0) is 19.3 Å². The molecule has 0 aliphatic heterocycles. The van der Waals surface area contributed by atoms with Gasteiger partial charge in [-0.25, -0.2) is 4.98 Å². The summed E-state index contributed by atoms with van der Waals surface area (Å²) in [5.41, 5.74) is 6.94. The van der Waals surface area contributed by atoms with Crippen LogP contribution in [-0.4, -0.2) is 11.6 Å². The third kappa shape index (κ3) is 3.76. The van der Waals surface area contributed by atoms with Gasteiger partial charge in [0.2, 0.25) is 0 Å². The maximum atomic E-state index is 5.79. The van der Waals surface area contributed by atoms with E-state index < -0.39 is 0 Å². The fraction of sp³-hybridized carbons (Fsp3) is 0.769. The van der Waals surface area contributed by atoms with Crippen molar-refractivity contribution in [3.05, 3.63) is 15.6 Å². The number of aryl methyl sites for hydroxylation is 1. The van der Waals surface area contributed by atoms with Crippen LogP contribution in [0.3, 0.4) is 0 Å². The highest BCUT2D eigenvalue weighted by Crippen LogP contribution is 2.31. The Bertz CT molecular complexity index is 336. The van der Waals surface area contributed by atoms with Gasteiger partial charge in [0, 0.05) is 18.0 Å². The van der Waals surface area contributed by atoms with Crippen LogP contribution >= 0.6 is 11.3 Å². The van der Waals surface area contributed by atoms with Crippen molar-refractivity contribution in [3.8, 4) is 0 Å². The van der Waals surface area contributed by atoms with E-state index in [1.54, 1.807) is 11.3 Å². The second-order valence-electron chi connectivity index (χ2n) is 4.50. The van der Waals surface area contributed by atoms with Crippen LogP contribution in [0.15, 0.2) is 0 Å². The van der Waals surface area contributed by atoms with Crippen LogP contribution in [0.5, 0.6) is 0 Å². The molecule has 3 nitrogen and oxygen atoms in total. The summed E-state index contributed by atoms with van der Waals surface area (Å²) in [6.07, 6.45) is 2.23. The molecule has 0 saturated carbocycles. The van der Waals surface area contributed by atoms with Crippen molar-refractivity contribution < 1.29 is 4.74 Å². The molecule has 1 heterocycles. The fourth-order valence-corrected chi connectivity index (χ4v) is 3.06. The molecule has 4 heteroatoms. The lowest BCUT2D eigenvalue weighted by molar-refractivity contribution is 0.0292. The van der Waals surface area contributed by atoms with E-state index in [2.05, 4.69) is 20.8 Å². The van der Waals surface area contributed by atoms with Crippen molar-refractivity contribution in [1.29, 1.82) is 0 Å². The van der Waals surface area contributed by atoms with Crippen molar-refractivity contribution in [2.24, 2.45) is 11.7 Å². The Hall–Kier alpha value is -0.450. The first-order valence-electron chi connectivity index (χ1n) is 6.44. The average Bonchev–Trinajstić information content (AvgIpc) is 2.69. The molecule has 0 fully saturated rings. The Morgan fingerprint density at radius 3 is 2.53 bits per heavy atom. The van der Waals surface area contributed by atoms with E-state index >= 15 is 0 Å². The summed E-state index contributed by atoms with van der Waals surface area (Å²) in [7, 11) is 0. The predicted molar refractivity (Wildman–Crippen MR) is 73.2 cm³/mol. The van der Waals surface area contributed by atoms with Crippen LogP contribution < -0.4 is 5.73 Å². The summed E-state index contributed by atoms with van der Waals surface area (Å²) in [4.78, 5) is 5.94. The van der Waals surface area contributed by atoms with Gasteiger partial charge in [0.1, 0.15) is 11.1 Å². The lowest BCUT2D eigenvalue weighted by Gasteiger charge is -2.18. The molecule has 17 heavy (non-hydrogen) atoms. The number of nitrogens with zero attached hydrogens (tertiary/aromatic N) is 1. The largest absolute Gasteiger partial charge is 0.371 e. The molecule has 0 saturated heterocycles. The van der Waals surface area contributed by atoms with Crippen LogP contribution in [0.4, 0.5) is 0 Å². The van der Waals surface area contributed by atoms with Gasteiger partial charge in [-0.1, -0.05) is 27.2 Å². The standard InChI is InChI=1S/C13H24N2OS/c1-5-7-10-11(8-14)17-13(15-10)12(9(3)4)16-6-2/h9,12H,5-8,14H2,1-4H3. The van der Waals surface area contributed by atoms with Crippen LogP contribution in [0.1, 0.15) is 55.8 Å². The molecule has 0 spiro atoms. The summed E-state index contributed by atoms with van der Waals surface area (Å²) in [5.74, 6) is 0.446. The number of ether oxygens (including phenoxy) is 1. The molecular weight excluding hydrogens is 232 g/mol. The zero-order chi connectivity index (χ0) is 12.8. The summed E-state index contributed by atoms with van der Waals surface area (Å²) < 4.78 is 5.79. The van der Waals surface area contributed by atoms with E-state index in [1.165, 1.54) is 10.6 Å². The van der Waals surface area contributed by atoms with Gasteiger partial charge in [0.25, 0.3) is 0 Å². The van der Waals surface area contributed by atoms with E-state index in [-0.39, 0.29) is 6.10 Å². The zero-order valence-electron chi connectivity index (χ0n) is 11.3. The van der Waals surface area contributed by atoms with E-state index in [0.717, 1.165) is 24.5 Å². The highest BCUT2D eigenvalue weighted by molar-refractivity contribution is 7.11. The van der Waals surface area contributed by atoms with Crippen molar-refractivity contribution in [3.63, 3.8) is 0 Å². The monoisotopic (exact) mass is 256 g/mol. The lowest BCUT2D eigenvalue weighted by Crippen LogP contribution is -2.10. The first-order chi connectivity index (χ1) is 8.13. The molecule has 0 aliphatic carbocycles. The maximum absolute atomic E-state index is 5.79. The van der Waals surface area contributed by atoms with Gasteiger partial charge in [-0.3, -0.25) is 0 Å². The number of rotatable bonds is 7. The average molecular weight is 256 g/mol. The molecule has 0 bridgehead atoms. The van der Waals surface area contributed by atoms with E-state index in [0.29, 0.717) is 12.5 Å². The second kappa shape index (κ2) is 7.09. The molecule has 1 rings (SSSR count). The summed E-state index contributed by atoms with van der Waals surface area (Å²) in [6.45, 7) is 9.85. The molecule has 0 radical (unpaired) electrons. The number of hydrogen-bond donors (Lipinski definition) is 1. The van der Waals surface area contributed by atoms with Crippen molar-refractivity contribution >= 4 is 11.3 Å². The lowest BCUT2D eigenvalue weighted by atomic mass is 10.1. The van der Waals surface area contributed by atoms with E-state index in [9.17, 15) is 0 Å². The van der Waals surface area contributed by atoms with Crippen LogP contribution in [-0.2, 0) is 17.7 Å². The van der Waals surface area contributed by atoms with Crippen molar-refractivity contribution in [2.75, 3.05) is 6.61 Å². The Morgan fingerprint density at radius 1 is 1.35 bits per heavy atom. The number of nitrogens with two attached hydrogens (primary N) is 1. The minimum atomic E-state index is 0.112. The first-order valence-corrected chi connectivity index (χ1v) is 7.25. The normalized spacial score (nSPS) is 13.3. The highest BCUT2D eigenvalue weighted by Gasteiger charge is 2.21. The Morgan fingerprint density at radius 2 is 2.06 bits per heavy atom. The first kappa shape index (κ1) is 14.6. The second-order valence-corrected chi connectivity index (χ2v) is 5.61. The fourth-order valence-electron chi connectivity index (χ4n) is 1.85. The Labute approximate surface area is 108 Å². The van der Waals surface area contributed by atoms with Gasteiger partial charge >= 0.3 is 0 Å². The van der Waals surface area contributed by atoms with Gasteiger partial charge in [-0.2, -0.15) is 0 Å². The van der Waals surface area contributed by atoms with Crippen LogP contribution in [0, 0.1) is 5.92 Å². The molecule has 2 N–H and O–H groups in total. The van der Waals surface area contributed by atoms with Crippen LogP contribution in [0.2, 0.25) is 0 Å². The van der Waals surface area contributed by atoms with Gasteiger partial charge in [0.15, 0.2) is 0 Å². The molecule has 1 aromatic rings. The number of thiazole rings is 1. The smallest absolute Gasteiger partial charge is 0.122 e. The molecule has 0 amide bonds. The Balaban J connectivity index is 2.95. The Kier molecular flexibility index (Phi) is 6.09. The van der Waals surface area contributed by atoms with Gasteiger partial charge < -0.3 is 10.5 Å². The molecule has 0 aliphatic rings. The minimum absolute atomic E-state index is 0.112. The molecular formula is C13H24N2OS. The van der Waals surface area contributed by atoms with E-state index in [4.69, 9.17) is 15.5 Å². The quantitative estimate of drug-likeness (QED) is 0.814. The van der Waals surface area contributed by atoms with Crippen LogP contribution in [0.25, 0.3) is 0 Å². The predicted octanol–water partition coefficient (Wildman–Crippen LogP) is 3.29. The van der Waals surface area contributed by atoms with E-state index in [1.807, 2.05) is 6.92 Å². The van der Waals surface area contributed by atoms with Crippen molar-refractivity contribution in [1.82, 2.24) is 4.98 Å². The third-order valence-electron chi connectivity index (χ3n) is 2.66. The summed E-state index contributed by atoms with van der Waals surface area (Å²) >= 11 is 1.71. The molecule has 98 valence electrons.